The van der Waals surface area contributed by atoms with Gasteiger partial charge in [-0.15, -0.1) is 10.2 Å². The first kappa shape index (κ1) is 26.7. The summed E-state index contributed by atoms with van der Waals surface area (Å²) in [5, 5.41) is 19.1. The minimum absolute atomic E-state index is 0.0256. The lowest BCUT2D eigenvalue weighted by atomic mass is 10.1. The van der Waals surface area contributed by atoms with Crippen LogP contribution in [-0.4, -0.2) is 50.6 Å². The quantitative estimate of drug-likeness (QED) is 0.171. The highest BCUT2D eigenvalue weighted by Gasteiger charge is 2.20. The molecule has 0 saturated heterocycles. The van der Waals surface area contributed by atoms with Crippen LogP contribution >= 0.6 is 11.3 Å². The number of hydrogen-bond acceptors (Lipinski definition) is 10. The molecule has 1 aromatic heterocycles. The third kappa shape index (κ3) is 7.03. The molecule has 0 unspecified atom stereocenters. The summed E-state index contributed by atoms with van der Waals surface area (Å²) < 4.78 is 40.4. The van der Waals surface area contributed by atoms with Crippen molar-refractivity contribution in [3.05, 3.63) is 59.2 Å². The number of sulfone groups is 1. The number of carbonyl (C=O) groups excluding carboxylic acids is 1. The van der Waals surface area contributed by atoms with Crippen molar-refractivity contribution in [3.8, 4) is 23.3 Å². The largest absolute Gasteiger partial charge is 0.493 e. The Hall–Kier alpha value is -3.95. The Labute approximate surface area is 213 Å². The summed E-state index contributed by atoms with van der Waals surface area (Å²) in [4.78, 5) is 12.5. The van der Waals surface area contributed by atoms with E-state index in [1.54, 1.807) is 18.2 Å². The molecule has 2 aromatic carbocycles. The van der Waals surface area contributed by atoms with E-state index in [1.165, 1.54) is 20.1 Å². The van der Waals surface area contributed by atoms with Crippen molar-refractivity contribution in [2.45, 2.75) is 18.2 Å². The second kappa shape index (κ2) is 12.1. The first-order chi connectivity index (χ1) is 17.2. The molecule has 12 heteroatoms. The molecule has 1 amide bonds. The van der Waals surface area contributed by atoms with E-state index < -0.39 is 15.7 Å². The van der Waals surface area contributed by atoms with Gasteiger partial charge in [-0.2, -0.15) is 5.26 Å². The molecule has 0 spiro atoms. The van der Waals surface area contributed by atoms with Gasteiger partial charge in [0.1, 0.15) is 30.6 Å². The Morgan fingerprint density at radius 2 is 1.92 bits per heavy atom. The number of nitrogens with zero attached hydrogens (tertiary/aromatic N) is 3. The molecule has 0 atom stereocenters. The molecule has 1 N–H and O–H groups in total. The number of nitriles is 1. The number of anilines is 1. The van der Waals surface area contributed by atoms with Gasteiger partial charge in [0.2, 0.25) is 19.3 Å². The van der Waals surface area contributed by atoms with Gasteiger partial charge in [-0.05, 0) is 48.4 Å². The maximum absolute atomic E-state index is 12.5. The predicted octanol–water partition coefficient (Wildman–Crippen LogP) is 3.65. The van der Waals surface area contributed by atoms with Gasteiger partial charge in [-0.1, -0.05) is 36.5 Å². The fourth-order valence-corrected chi connectivity index (χ4v) is 4.88. The van der Waals surface area contributed by atoms with Crippen molar-refractivity contribution < 1.29 is 27.4 Å². The van der Waals surface area contributed by atoms with Gasteiger partial charge in [0, 0.05) is 0 Å². The lowest BCUT2D eigenvalue weighted by molar-refractivity contribution is -0.112. The molecule has 0 radical (unpaired) electrons. The Kier molecular flexibility index (Phi) is 8.99. The van der Waals surface area contributed by atoms with Crippen LogP contribution in [0.1, 0.15) is 18.1 Å². The Morgan fingerprint density at radius 3 is 2.61 bits per heavy atom. The summed E-state index contributed by atoms with van der Waals surface area (Å²) in [5.41, 5.74) is 1.41. The van der Waals surface area contributed by atoms with E-state index in [0.717, 1.165) is 22.6 Å². The smallest absolute Gasteiger partial charge is 0.268 e. The van der Waals surface area contributed by atoms with Crippen LogP contribution in [0.25, 0.3) is 6.08 Å². The number of hydrogen-bond donors (Lipinski definition) is 1. The van der Waals surface area contributed by atoms with Gasteiger partial charge in [0.15, 0.2) is 11.5 Å². The molecule has 36 heavy (non-hydrogen) atoms. The van der Waals surface area contributed by atoms with E-state index >= 15 is 0 Å². The number of amides is 1. The van der Waals surface area contributed by atoms with Gasteiger partial charge in [0.25, 0.3) is 5.91 Å². The summed E-state index contributed by atoms with van der Waals surface area (Å²) in [6, 6.07) is 14.5. The van der Waals surface area contributed by atoms with E-state index in [4.69, 9.17) is 14.2 Å². The monoisotopic (exact) mass is 528 g/mol. The third-order valence-corrected chi connectivity index (χ3v) is 7.75. The van der Waals surface area contributed by atoms with Crippen LogP contribution in [0.15, 0.2) is 52.4 Å². The van der Waals surface area contributed by atoms with Crippen molar-refractivity contribution in [1.29, 1.82) is 5.26 Å². The standard InChI is InChI=1S/C24H24N4O6S2/c1-4-36(30,31)24-28-27-23(35-24)26-22(29)18(15-25)13-17-8-9-20(21(14-17)32-3)34-11-10-33-19-7-5-6-16(2)12-19/h5-9,12-14H,4,10-11H2,1-3H3,(H,26,27,29). The van der Waals surface area contributed by atoms with Gasteiger partial charge in [-0.25, -0.2) is 8.42 Å². The molecule has 0 aliphatic heterocycles. The summed E-state index contributed by atoms with van der Waals surface area (Å²) in [5.74, 6) is 0.756. The van der Waals surface area contributed by atoms with Crippen LogP contribution in [0, 0.1) is 18.3 Å². The van der Waals surface area contributed by atoms with Gasteiger partial charge in [0.05, 0.1) is 12.9 Å². The van der Waals surface area contributed by atoms with Crippen molar-refractivity contribution in [1.82, 2.24) is 10.2 Å². The maximum Gasteiger partial charge on any atom is 0.268 e. The zero-order valence-electron chi connectivity index (χ0n) is 19.8. The van der Waals surface area contributed by atoms with E-state index in [1.807, 2.05) is 37.3 Å². The van der Waals surface area contributed by atoms with Crippen molar-refractivity contribution in [2.75, 3.05) is 31.4 Å². The number of nitrogens with one attached hydrogen (secondary N) is 1. The molecule has 0 bridgehead atoms. The molecular weight excluding hydrogens is 504 g/mol. The Morgan fingerprint density at radius 1 is 1.14 bits per heavy atom. The summed E-state index contributed by atoms with van der Waals surface area (Å²) in [7, 11) is -2.06. The summed E-state index contributed by atoms with van der Waals surface area (Å²) in [6.07, 6.45) is 1.37. The van der Waals surface area contributed by atoms with Crippen LogP contribution in [0.2, 0.25) is 0 Å². The van der Waals surface area contributed by atoms with Crippen LogP contribution < -0.4 is 19.5 Å². The molecule has 0 saturated carbocycles. The van der Waals surface area contributed by atoms with Gasteiger partial charge < -0.3 is 14.2 Å². The highest BCUT2D eigenvalue weighted by molar-refractivity contribution is 7.93. The Bertz CT molecular complexity index is 1410. The zero-order valence-corrected chi connectivity index (χ0v) is 21.5. The zero-order chi connectivity index (χ0) is 26.1. The van der Waals surface area contributed by atoms with Crippen LogP contribution in [-0.2, 0) is 14.6 Å². The minimum Gasteiger partial charge on any atom is -0.493 e. The highest BCUT2D eigenvalue weighted by atomic mass is 32.2. The fraction of sp³-hybridized carbons (Fsp3) is 0.250. The van der Waals surface area contributed by atoms with E-state index in [2.05, 4.69) is 15.5 Å². The number of rotatable bonds is 11. The van der Waals surface area contributed by atoms with E-state index in [0.29, 0.717) is 23.7 Å². The molecule has 188 valence electrons. The first-order valence-corrected chi connectivity index (χ1v) is 13.2. The number of aryl methyl sites for hydroxylation is 1. The normalized spacial score (nSPS) is 11.4. The van der Waals surface area contributed by atoms with Crippen molar-refractivity contribution in [3.63, 3.8) is 0 Å². The average Bonchev–Trinajstić information content (AvgIpc) is 3.35. The van der Waals surface area contributed by atoms with E-state index in [9.17, 15) is 18.5 Å². The van der Waals surface area contributed by atoms with E-state index in [-0.39, 0.29) is 27.4 Å². The maximum atomic E-state index is 12.5. The molecule has 0 fully saturated rings. The number of aromatic nitrogens is 2. The summed E-state index contributed by atoms with van der Waals surface area (Å²) >= 11 is 0.718. The minimum atomic E-state index is -3.54. The van der Waals surface area contributed by atoms with Crippen molar-refractivity contribution in [2.24, 2.45) is 0 Å². The third-order valence-electron chi connectivity index (χ3n) is 4.74. The lowest BCUT2D eigenvalue weighted by Gasteiger charge is -2.12. The molecule has 3 aromatic rings. The van der Waals surface area contributed by atoms with Crippen LogP contribution in [0.5, 0.6) is 17.2 Å². The second-order valence-electron chi connectivity index (χ2n) is 7.32. The van der Waals surface area contributed by atoms with Crippen molar-refractivity contribution >= 4 is 38.3 Å². The molecule has 1 heterocycles. The number of benzene rings is 2. The molecule has 10 nitrogen and oxygen atoms in total. The number of ether oxygens (including phenoxy) is 3. The number of methoxy groups -OCH3 is 1. The van der Waals surface area contributed by atoms with Crippen LogP contribution in [0.3, 0.4) is 0 Å². The number of carbonyl (C=O) groups is 1. The topological polar surface area (TPSA) is 140 Å². The first-order valence-electron chi connectivity index (χ1n) is 10.8. The Balaban J connectivity index is 1.65. The van der Waals surface area contributed by atoms with Gasteiger partial charge >= 0.3 is 0 Å². The summed E-state index contributed by atoms with van der Waals surface area (Å²) in [6.45, 7) is 4.08. The highest BCUT2D eigenvalue weighted by Crippen LogP contribution is 2.29. The predicted molar refractivity (Wildman–Crippen MR) is 135 cm³/mol. The fourth-order valence-electron chi connectivity index (χ4n) is 2.90. The SMILES string of the molecule is CCS(=O)(=O)c1nnc(NC(=O)C(C#N)=Cc2ccc(OCCOc3cccc(C)c3)c(OC)c2)s1. The lowest BCUT2D eigenvalue weighted by Crippen LogP contribution is -2.13. The second-order valence-corrected chi connectivity index (χ2v) is 10.8. The molecular formula is C24H24N4O6S2. The molecule has 3 rings (SSSR count). The van der Waals surface area contributed by atoms with Gasteiger partial charge in [-0.3, -0.25) is 10.1 Å². The molecule has 0 aliphatic carbocycles. The van der Waals surface area contributed by atoms with Crippen LogP contribution in [0.4, 0.5) is 5.13 Å². The average molecular weight is 529 g/mol. The molecule has 0 aliphatic rings.